The van der Waals surface area contributed by atoms with Crippen molar-refractivity contribution in [2.45, 2.75) is 25.7 Å². The standard InChI is InChI=1S/C24H19F3N2O2S/c1-15(18-6-2-17(13-30)3-7-18)28-23(31)20-14-32-21-10-11-29(22(20)21)12-16-4-8-19(9-5-16)24(25,26)27/h2-11,13-15H,12H2,1H3,(H,28,31). The first-order chi connectivity index (χ1) is 15.3. The predicted molar refractivity (Wildman–Crippen MR) is 118 cm³/mol. The Labute approximate surface area is 186 Å². The van der Waals surface area contributed by atoms with E-state index in [4.69, 9.17) is 0 Å². The second-order valence-corrected chi connectivity index (χ2v) is 8.39. The van der Waals surface area contributed by atoms with Crippen molar-refractivity contribution in [3.05, 3.63) is 94.0 Å². The molecule has 0 saturated heterocycles. The van der Waals surface area contributed by atoms with E-state index >= 15 is 0 Å². The van der Waals surface area contributed by atoms with Gasteiger partial charge in [-0.25, -0.2) is 0 Å². The fourth-order valence-corrected chi connectivity index (χ4v) is 4.46. The highest BCUT2D eigenvalue weighted by Gasteiger charge is 2.30. The van der Waals surface area contributed by atoms with Crippen LogP contribution in [0.2, 0.25) is 0 Å². The summed E-state index contributed by atoms with van der Waals surface area (Å²) in [5.41, 5.74) is 2.71. The second kappa shape index (κ2) is 8.63. The molecule has 0 aliphatic rings. The molecular weight excluding hydrogens is 437 g/mol. The number of aldehydes is 1. The molecule has 4 aromatic rings. The van der Waals surface area contributed by atoms with Crippen molar-refractivity contribution in [1.82, 2.24) is 9.88 Å². The van der Waals surface area contributed by atoms with E-state index in [0.717, 1.165) is 34.2 Å². The summed E-state index contributed by atoms with van der Waals surface area (Å²) in [6.45, 7) is 2.21. The van der Waals surface area contributed by atoms with Crippen molar-refractivity contribution >= 4 is 33.7 Å². The molecular formula is C24H19F3N2O2S. The number of aromatic nitrogens is 1. The third kappa shape index (κ3) is 4.45. The SMILES string of the molecule is CC(NC(=O)c1csc2ccn(Cc3ccc(C(F)(F)F)cc3)c12)c1ccc(C=O)cc1. The maximum Gasteiger partial charge on any atom is 0.416 e. The van der Waals surface area contributed by atoms with Crippen LogP contribution in [0.5, 0.6) is 0 Å². The molecule has 0 aliphatic heterocycles. The highest BCUT2D eigenvalue weighted by atomic mass is 32.1. The molecule has 0 aliphatic carbocycles. The number of amides is 1. The highest BCUT2D eigenvalue weighted by Crippen LogP contribution is 2.31. The number of alkyl halides is 3. The first kappa shape index (κ1) is 21.8. The minimum atomic E-state index is -4.37. The molecule has 0 saturated carbocycles. The van der Waals surface area contributed by atoms with Gasteiger partial charge in [0, 0.05) is 23.7 Å². The molecule has 0 bridgehead atoms. The van der Waals surface area contributed by atoms with E-state index in [0.29, 0.717) is 23.2 Å². The van der Waals surface area contributed by atoms with Crippen LogP contribution in [0.15, 0.2) is 66.2 Å². The molecule has 8 heteroatoms. The molecule has 164 valence electrons. The topological polar surface area (TPSA) is 51.1 Å². The number of nitrogens with zero attached hydrogens (tertiary/aromatic N) is 1. The average Bonchev–Trinajstić information content (AvgIpc) is 3.36. The van der Waals surface area contributed by atoms with Crippen LogP contribution in [-0.4, -0.2) is 16.8 Å². The lowest BCUT2D eigenvalue weighted by Gasteiger charge is -2.15. The number of hydrogen-bond acceptors (Lipinski definition) is 3. The predicted octanol–water partition coefficient (Wildman–Crippen LogP) is 6.07. The summed E-state index contributed by atoms with van der Waals surface area (Å²) >= 11 is 1.44. The molecule has 2 aromatic heterocycles. The van der Waals surface area contributed by atoms with Crippen molar-refractivity contribution < 1.29 is 22.8 Å². The number of rotatable bonds is 6. The highest BCUT2D eigenvalue weighted by molar-refractivity contribution is 7.17. The van der Waals surface area contributed by atoms with Gasteiger partial charge in [0.15, 0.2) is 0 Å². The van der Waals surface area contributed by atoms with Crippen molar-refractivity contribution in [1.29, 1.82) is 0 Å². The largest absolute Gasteiger partial charge is 0.416 e. The first-order valence-electron chi connectivity index (χ1n) is 9.84. The van der Waals surface area contributed by atoms with E-state index in [9.17, 15) is 22.8 Å². The fourth-order valence-electron chi connectivity index (χ4n) is 3.52. The van der Waals surface area contributed by atoms with Crippen molar-refractivity contribution in [3.63, 3.8) is 0 Å². The monoisotopic (exact) mass is 456 g/mol. The van der Waals surface area contributed by atoms with Crippen LogP contribution in [0.4, 0.5) is 13.2 Å². The van der Waals surface area contributed by atoms with Crippen molar-refractivity contribution in [3.8, 4) is 0 Å². The first-order valence-corrected chi connectivity index (χ1v) is 10.7. The van der Waals surface area contributed by atoms with Gasteiger partial charge in [0.1, 0.15) is 6.29 Å². The molecule has 0 radical (unpaired) electrons. The summed E-state index contributed by atoms with van der Waals surface area (Å²) in [5, 5.41) is 4.76. The quantitative estimate of drug-likeness (QED) is 0.358. The van der Waals surface area contributed by atoms with Crippen LogP contribution in [0.1, 0.15) is 50.4 Å². The van der Waals surface area contributed by atoms with Gasteiger partial charge in [-0.1, -0.05) is 36.4 Å². The number of carbonyl (C=O) groups excluding carboxylic acids is 2. The Hall–Kier alpha value is -3.39. The Balaban J connectivity index is 1.54. The van der Waals surface area contributed by atoms with Gasteiger partial charge < -0.3 is 9.88 Å². The lowest BCUT2D eigenvalue weighted by Crippen LogP contribution is -2.26. The van der Waals surface area contributed by atoms with Crippen molar-refractivity contribution in [2.24, 2.45) is 0 Å². The Kier molecular flexibility index (Phi) is 5.88. The van der Waals surface area contributed by atoms with Gasteiger partial charge in [0.2, 0.25) is 0 Å². The Morgan fingerprint density at radius 3 is 2.41 bits per heavy atom. The fraction of sp³-hybridized carbons (Fsp3) is 0.167. The zero-order valence-corrected chi connectivity index (χ0v) is 17.8. The molecule has 32 heavy (non-hydrogen) atoms. The molecule has 0 fully saturated rings. The Morgan fingerprint density at radius 2 is 1.78 bits per heavy atom. The van der Waals surface area contributed by atoms with E-state index in [1.54, 1.807) is 29.6 Å². The van der Waals surface area contributed by atoms with Gasteiger partial charge in [-0.15, -0.1) is 11.3 Å². The number of thiophene rings is 1. The molecule has 1 unspecified atom stereocenters. The van der Waals surface area contributed by atoms with E-state index < -0.39 is 11.7 Å². The summed E-state index contributed by atoms with van der Waals surface area (Å²) < 4.78 is 41.2. The molecule has 1 amide bonds. The van der Waals surface area contributed by atoms with E-state index in [-0.39, 0.29) is 11.9 Å². The minimum Gasteiger partial charge on any atom is -0.345 e. The van der Waals surface area contributed by atoms with Gasteiger partial charge in [-0.3, -0.25) is 9.59 Å². The van der Waals surface area contributed by atoms with Crippen LogP contribution in [0.25, 0.3) is 10.2 Å². The Bertz CT molecular complexity index is 1260. The summed E-state index contributed by atoms with van der Waals surface area (Å²) in [6.07, 6.45) is -1.78. The number of hydrogen-bond donors (Lipinski definition) is 1. The van der Waals surface area contributed by atoms with Gasteiger partial charge in [-0.2, -0.15) is 13.2 Å². The smallest absolute Gasteiger partial charge is 0.345 e. The van der Waals surface area contributed by atoms with Gasteiger partial charge in [0.25, 0.3) is 5.91 Å². The lowest BCUT2D eigenvalue weighted by molar-refractivity contribution is -0.137. The van der Waals surface area contributed by atoms with E-state index in [2.05, 4.69) is 5.32 Å². The normalized spacial score (nSPS) is 12.6. The maximum atomic E-state index is 13.0. The lowest BCUT2D eigenvalue weighted by atomic mass is 10.1. The van der Waals surface area contributed by atoms with Crippen LogP contribution < -0.4 is 5.32 Å². The number of carbonyl (C=O) groups is 2. The van der Waals surface area contributed by atoms with Crippen LogP contribution in [0.3, 0.4) is 0 Å². The average molecular weight is 456 g/mol. The molecule has 0 spiro atoms. The number of halogens is 3. The maximum absolute atomic E-state index is 13.0. The zero-order chi connectivity index (χ0) is 22.9. The molecule has 4 rings (SSSR count). The molecule has 2 aromatic carbocycles. The van der Waals surface area contributed by atoms with Gasteiger partial charge in [0.05, 0.1) is 27.4 Å². The number of benzene rings is 2. The van der Waals surface area contributed by atoms with Crippen LogP contribution >= 0.6 is 11.3 Å². The summed E-state index contributed by atoms with van der Waals surface area (Å²) in [4.78, 5) is 23.8. The summed E-state index contributed by atoms with van der Waals surface area (Å²) in [7, 11) is 0. The second-order valence-electron chi connectivity index (χ2n) is 7.48. The number of nitrogens with one attached hydrogen (secondary N) is 1. The van der Waals surface area contributed by atoms with Crippen molar-refractivity contribution in [2.75, 3.05) is 0 Å². The summed E-state index contributed by atoms with van der Waals surface area (Å²) in [5.74, 6) is -0.240. The minimum absolute atomic E-state index is 0.240. The van der Waals surface area contributed by atoms with Crippen LogP contribution in [-0.2, 0) is 12.7 Å². The zero-order valence-electron chi connectivity index (χ0n) is 17.0. The summed E-state index contributed by atoms with van der Waals surface area (Å²) in [6, 6.07) is 13.6. The van der Waals surface area contributed by atoms with Gasteiger partial charge in [-0.05, 0) is 36.2 Å². The third-order valence-electron chi connectivity index (χ3n) is 5.28. The molecule has 2 heterocycles. The number of fused-ring (bicyclic) bond motifs is 1. The Morgan fingerprint density at radius 1 is 1.09 bits per heavy atom. The molecule has 4 nitrogen and oxygen atoms in total. The third-order valence-corrected chi connectivity index (χ3v) is 6.22. The van der Waals surface area contributed by atoms with E-state index in [1.165, 1.54) is 23.5 Å². The molecule has 1 N–H and O–H groups in total. The van der Waals surface area contributed by atoms with E-state index in [1.807, 2.05) is 23.8 Å². The van der Waals surface area contributed by atoms with Gasteiger partial charge >= 0.3 is 6.18 Å². The molecule has 1 atom stereocenters. The van der Waals surface area contributed by atoms with Crippen LogP contribution in [0, 0.1) is 0 Å².